The van der Waals surface area contributed by atoms with Crippen molar-refractivity contribution in [3.63, 3.8) is 0 Å². The van der Waals surface area contributed by atoms with Crippen LogP contribution in [0.25, 0.3) is 6.08 Å². The minimum absolute atomic E-state index is 0.0230. The van der Waals surface area contributed by atoms with Gasteiger partial charge in [-0.25, -0.2) is 0 Å². The van der Waals surface area contributed by atoms with E-state index in [-0.39, 0.29) is 12.1 Å². The number of furan rings is 1. The van der Waals surface area contributed by atoms with Crippen LogP contribution in [0, 0.1) is 11.3 Å². The molecule has 0 radical (unpaired) electrons. The molecule has 5 heteroatoms. The first kappa shape index (κ1) is 14.4. The number of rotatable bonds is 5. The van der Waals surface area contributed by atoms with E-state index in [1.165, 1.54) is 12.3 Å². The van der Waals surface area contributed by atoms with Crippen LogP contribution >= 0.6 is 0 Å². The van der Waals surface area contributed by atoms with Gasteiger partial charge in [0.2, 0.25) is 0 Å². The van der Waals surface area contributed by atoms with Gasteiger partial charge in [-0.2, -0.15) is 5.26 Å². The van der Waals surface area contributed by atoms with Crippen LogP contribution < -0.4 is 10.1 Å². The first-order valence-corrected chi connectivity index (χ1v) is 6.29. The minimum Gasteiger partial charge on any atom is -0.497 e. The van der Waals surface area contributed by atoms with Crippen LogP contribution in [0.15, 0.2) is 52.7 Å². The van der Waals surface area contributed by atoms with Gasteiger partial charge in [-0.05, 0) is 35.9 Å². The summed E-state index contributed by atoms with van der Waals surface area (Å²) in [6.07, 6.45) is 3.04. The van der Waals surface area contributed by atoms with Gasteiger partial charge in [-0.1, -0.05) is 12.1 Å². The summed E-state index contributed by atoms with van der Waals surface area (Å²) >= 11 is 0. The van der Waals surface area contributed by atoms with Gasteiger partial charge in [-0.15, -0.1) is 0 Å². The maximum absolute atomic E-state index is 12.0. The highest BCUT2D eigenvalue weighted by molar-refractivity contribution is 6.01. The fraction of sp³-hybridized carbons (Fsp3) is 0.125. The van der Waals surface area contributed by atoms with Crippen molar-refractivity contribution < 1.29 is 13.9 Å². The van der Waals surface area contributed by atoms with E-state index in [4.69, 9.17) is 14.4 Å². The van der Waals surface area contributed by atoms with Gasteiger partial charge in [0.05, 0.1) is 19.9 Å². The zero-order valence-electron chi connectivity index (χ0n) is 11.5. The molecule has 0 bridgehead atoms. The van der Waals surface area contributed by atoms with Crippen molar-refractivity contribution in [1.82, 2.24) is 5.32 Å². The van der Waals surface area contributed by atoms with Crippen molar-refractivity contribution in [2.45, 2.75) is 6.54 Å². The van der Waals surface area contributed by atoms with Crippen LogP contribution in [0.4, 0.5) is 0 Å². The van der Waals surface area contributed by atoms with E-state index in [1.807, 2.05) is 6.07 Å². The Bertz CT molecular complexity index is 682. The van der Waals surface area contributed by atoms with E-state index >= 15 is 0 Å². The van der Waals surface area contributed by atoms with Gasteiger partial charge < -0.3 is 14.5 Å². The van der Waals surface area contributed by atoms with E-state index < -0.39 is 5.91 Å². The molecule has 106 valence electrons. The van der Waals surface area contributed by atoms with Crippen molar-refractivity contribution in [3.8, 4) is 11.8 Å². The average molecular weight is 282 g/mol. The van der Waals surface area contributed by atoms with E-state index in [0.717, 1.165) is 5.56 Å². The molecule has 1 aromatic carbocycles. The van der Waals surface area contributed by atoms with Crippen molar-refractivity contribution in [3.05, 3.63) is 59.6 Å². The molecule has 0 aliphatic carbocycles. The van der Waals surface area contributed by atoms with E-state index in [2.05, 4.69) is 5.32 Å². The molecule has 1 heterocycles. The molecule has 21 heavy (non-hydrogen) atoms. The summed E-state index contributed by atoms with van der Waals surface area (Å²) in [5, 5.41) is 11.7. The highest BCUT2D eigenvalue weighted by atomic mass is 16.5. The fourth-order valence-corrected chi connectivity index (χ4v) is 1.72. The monoisotopic (exact) mass is 282 g/mol. The molecule has 0 atom stereocenters. The standard InChI is InChI=1S/C16H14N2O3/c1-20-14-5-2-4-12(9-14)8-13(10-17)16(19)18-11-15-6-3-7-21-15/h2-9H,11H2,1H3,(H,18,19)/b13-8+. The lowest BCUT2D eigenvalue weighted by atomic mass is 10.1. The second kappa shape index (κ2) is 6.96. The largest absolute Gasteiger partial charge is 0.497 e. The summed E-state index contributed by atoms with van der Waals surface area (Å²) in [7, 11) is 1.56. The average Bonchev–Trinajstić information content (AvgIpc) is 3.04. The van der Waals surface area contributed by atoms with Gasteiger partial charge in [0, 0.05) is 0 Å². The molecule has 1 N–H and O–H groups in total. The third-order valence-corrected chi connectivity index (χ3v) is 2.77. The van der Waals surface area contributed by atoms with E-state index in [9.17, 15) is 4.79 Å². The summed E-state index contributed by atoms with van der Waals surface area (Å²) < 4.78 is 10.2. The number of nitrogens with one attached hydrogen (secondary N) is 1. The molecule has 0 saturated heterocycles. The predicted octanol–water partition coefficient (Wildman–Crippen LogP) is 2.51. The number of hydrogen-bond acceptors (Lipinski definition) is 4. The number of carbonyl (C=O) groups is 1. The molecular formula is C16H14N2O3. The highest BCUT2D eigenvalue weighted by Crippen LogP contribution is 2.15. The fourth-order valence-electron chi connectivity index (χ4n) is 1.72. The van der Waals surface area contributed by atoms with Crippen LogP contribution in [0.3, 0.4) is 0 Å². The zero-order chi connectivity index (χ0) is 15.1. The maximum Gasteiger partial charge on any atom is 0.262 e. The SMILES string of the molecule is COc1cccc(/C=C(\C#N)C(=O)NCc2ccco2)c1. The summed E-state index contributed by atoms with van der Waals surface area (Å²) in [5.41, 5.74) is 0.744. The molecule has 5 nitrogen and oxygen atoms in total. The summed E-state index contributed by atoms with van der Waals surface area (Å²) in [6.45, 7) is 0.239. The molecule has 0 fully saturated rings. The number of benzene rings is 1. The molecule has 0 aliphatic rings. The number of carbonyl (C=O) groups excluding carboxylic acids is 1. The van der Waals surface area contributed by atoms with E-state index in [0.29, 0.717) is 11.5 Å². The number of hydrogen-bond donors (Lipinski definition) is 1. The lowest BCUT2D eigenvalue weighted by Gasteiger charge is -2.03. The van der Waals surface area contributed by atoms with Crippen molar-refractivity contribution in [1.29, 1.82) is 5.26 Å². The normalized spacial score (nSPS) is 10.8. The third kappa shape index (κ3) is 3.98. The summed E-state index contributed by atoms with van der Waals surface area (Å²) in [6, 6.07) is 12.5. The van der Waals surface area contributed by atoms with Crippen molar-refractivity contribution in [2.75, 3.05) is 7.11 Å². The molecule has 0 unspecified atom stereocenters. The Morgan fingerprint density at radius 3 is 2.95 bits per heavy atom. The molecule has 2 aromatic rings. The van der Waals surface area contributed by atoms with Crippen LogP contribution in [-0.4, -0.2) is 13.0 Å². The second-order valence-electron chi connectivity index (χ2n) is 4.21. The van der Waals surface area contributed by atoms with Gasteiger partial charge >= 0.3 is 0 Å². The Morgan fingerprint density at radius 2 is 2.29 bits per heavy atom. The number of amides is 1. The Morgan fingerprint density at radius 1 is 1.43 bits per heavy atom. The lowest BCUT2D eigenvalue weighted by molar-refractivity contribution is -0.117. The van der Waals surface area contributed by atoms with Gasteiger partial charge in [0.1, 0.15) is 23.2 Å². The molecule has 2 rings (SSSR count). The van der Waals surface area contributed by atoms with Crippen molar-refractivity contribution in [2.24, 2.45) is 0 Å². The maximum atomic E-state index is 12.0. The quantitative estimate of drug-likeness (QED) is 0.675. The molecule has 1 amide bonds. The Hall–Kier alpha value is -3.00. The van der Waals surface area contributed by atoms with Crippen LogP contribution in [0.1, 0.15) is 11.3 Å². The Kier molecular flexibility index (Phi) is 4.78. The molecule has 0 saturated carbocycles. The molecular weight excluding hydrogens is 268 g/mol. The van der Waals surface area contributed by atoms with Gasteiger partial charge in [-0.3, -0.25) is 4.79 Å². The zero-order valence-corrected chi connectivity index (χ0v) is 11.5. The predicted molar refractivity (Wildman–Crippen MR) is 77.1 cm³/mol. The smallest absolute Gasteiger partial charge is 0.262 e. The van der Waals surface area contributed by atoms with Gasteiger partial charge in [0.15, 0.2) is 0 Å². The Labute approximate surface area is 122 Å². The van der Waals surface area contributed by atoms with Crippen molar-refractivity contribution >= 4 is 12.0 Å². The minimum atomic E-state index is -0.447. The lowest BCUT2D eigenvalue weighted by Crippen LogP contribution is -2.23. The van der Waals surface area contributed by atoms with Crippen LogP contribution in [0.2, 0.25) is 0 Å². The third-order valence-electron chi connectivity index (χ3n) is 2.77. The second-order valence-corrected chi connectivity index (χ2v) is 4.21. The highest BCUT2D eigenvalue weighted by Gasteiger charge is 2.09. The first-order valence-electron chi connectivity index (χ1n) is 6.29. The molecule has 0 spiro atoms. The first-order chi connectivity index (χ1) is 10.2. The molecule has 1 aromatic heterocycles. The summed E-state index contributed by atoms with van der Waals surface area (Å²) in [5.74, 6) is 0.843. The topological polar surface area (TPSA) is 75.3 Å². The number of methoxy groups -OCH3 is 1. The number of ether oxygens (including phenoxy) is 1. The number of nitriles is 1. The van der Waals surface area contributed by atoms with Crippen LogP contribution in [-0.2, 0) is 11.3 Å². The molecule has 0 aliphatic heterocycles. The van der Waals surface area contributed by atoms with Crippen LogP contribution in [0.5, 0.6) is 5.75 Å². The summed E-state index contributed by atoms with van der Waals surface area (Å²) in [4.78, 5) is 12.0. The van der Waals surface area contributed by atoms with Gasteiger partial charge in [0.25, 0.3) is 5.91 Å². The Balaban J connectivity index is 2.08. The number of nitrogens with zero attached hydrogens (tertiary/aromatic N) is 1. The van der Waals surface area contributed by atoms with E-state index in [1.54, 1.807) is 43.5 Å².